The molecular weight excluding hydrogens is 282 g/mol. The molecule has 0 aliphatic carbocycles. The molecule has 106 valence electrons. The summed E-state index contributed by atoms with van der Waals surface area (Å²) in [5.41, 5.74) is 7.75. The van der Waals surface area contributed by atoms with Crippen LogP contribution in [0.2, 0.25) is 0 Å². The standard InChI is InChI=1S/C13H9N5S.C2H6/c14-12-11-8(5-16-13(11)18-6-17-12)10-3-7-4-15-2-1-9(7)19-10;1-2/h1-6H,(H3,14,16,17,18);1-2H3. The molecule has 4 heterocycles. The fraction of sp³-hybridized carbons (Fsp3) is 0.133. The summed E-state index contributed by atoms with van der Waals surface area (Å²) >= 11 is 1.71. The number of hydrogen-bond acceptors (Lipinski definition) is 5. The Bertz CT molecular complexity index is 860. The number of nitrogen functional groups attached to an aromatic ring is 1. The van der Waals surface area contributed by atoms with Crippen LogP contribution >= 0.6 is 11.3 Å². The van der Waals surface area contributed by atoms with Crippen molar-refractivity contribution in [1.29, 1.82) is 0 Å². The second-order valence-corrected chi connectivity index (χ2v) is 5.29. The molecule has 0 aliphatic heterocycles. The van der Waals surface area contributed by atoms with Crippen LogP contribution in [0.3, 0.4) is 0 Å². The van der Waals surface area contributed by atoms with E-state index in [1.165, 1.54) is 11.0 Å². The molecule has 0 bridgehead atoms. The molecule has 0 saturated heterocycles. The summed E-state index contributed by atoms with van der Waals surface area (Å²) in [5, 5.41) is 2.01. The number of nitrogens with two attached hydrogens (primary N) is 1. The molecular formula is C15H15N5S. The molecule has 6 heteroatoms. The number of H-pyrrole nitrogens is 1. The van der Waals surface area contributed by atoms with Gasteiger partial charge in [-0.15, -0.1) is 11.3 Å². The highest BCUT2D eigenvalue weighted by molar-refractivity contribution is 7.22. The average molecular weight is 297 g/mol. The third kappa shape index (κ3) is 2.23. The number of nitrogens with one attached hydrogen (secondary N) is 1. The monoisotopic (exact) mass is 297 g/mol. The summed E-state index contributed by atoms with van der Waals surface area (Å²) in [6, 6.07) is 4.13. The summed E-state index contributed by atoms with van der Waals surface area (Å²) in [6.45, 7) is 4.00. The maximum absolute atomic E-state index is 5.95. The first-order chi connectivity index (χ1) is 10.3. The number of pyridine rings is 1. The minimum absolute atomic E-state index is 0.497. The number of anilines is 1. The van der Waals surface area contributed by atoms with E-state index in [4.69, 9.17) is 5.73 Å². The van der Waals surface area contributed by atoms with Gasteiger partial charge in [0.25, 0.3) is 0 Å². The van der Waals surface area contributed by atoms with Crippen LogP contribution < -0.4 is 5.73 Å². The van der Waals surface area contributed by atoms with Crippen molar-refractivity contribution < 1.29 is 0 Å². The molecule has 5 nitrogen and oxygen atoms in total. The number of nitrogens with zero attached hydrogens (tertiary/aromatic N) is 3. The van der Waals surface area contributed by atoms with E-state index in [9.17, 15) is 0 Å². The molecule has 21 heavy (non-hydrogen) atoms. The lowest BCUT2D eigenvalue weighted by atomic mass is 10.2. The quantitative estimate of drug-likeness (QED) is 0.559. The van der Waals surface area contributed by atoms with Gasteiger partial charge in [-0.1, -0.05) is 13.8 Å². The summed E-state index contributed by atoms with van der Waals surface area (Å²) in [4.78, 5) is 16.6. The molecule has 0 spiro atoms. The van der Waals surface area contributed by atoms with Crippen molar-refractivity contribution in [2.45, 2.75) is 13.8 Å². The van der Waals surface area contributed by atoms with Crippen LogP contribution in [0.1, 0.15) is 13.8 Å². The molecule has 0 aromatic carbocycles. The Balaban J connectivity index is 0.000000636. The summed E-state index contributed by atoms with van der Waals surface area (Å²) in [7, 11) is 0. The van der Waals surface area contributed by atoms with Crippen molar-refractivity contribution in [3.8, 4) is 10.4 Å². The van der Waals surface area contributed by atoms with Crippen molar-refractivity contribution in [3.63, 3.8) is 0 Å². The number of thiophene rings is 1. The van der Waals surface area contributed by atoms with Crippen LogP contribution in [-0.2, 0) is 0 Å². The minimum atomic E-state index is 0.497. The van der Waals surface area contributed by atoms with Crippen molar-refractivity contribution >= 4 is 38.3 Å². The third-order valence-electron chi connectivity index (χ3n) is 3.08. The Morgan fingerprint density at radius 3 is 2.90 bits per heavy atom. The van der Waals surface area contributed by atoms with Gasteiger partial charge in [0.1, 0.15) is 17.8 Å². The topological polar surface area (TPSA) is 80.5 Å². The van der Waals surface area contributed by atoms with E-state index in [1.807, 2.05) is 32.3 Å². The van der Waals surface area contributed by atoms with Gasteiger partial charge in [0.2, 0.25) is 0 Å². The fourth-order valence-electron chi connectivity index (χ4n) is 2.20. The predicted octanol–water partition coefficient (Wildman–Crippen LogP) is 3.84. The number of rotatable bonds is 1. The SMILES string of the molecule is CC.Nc1ncnc2[nH]cc(-c3cc4cnccc4s3)c12. The van der Waals surface area contributed by atoms with Crippen LogP contribution in [-0.4, -0.2) is 19.9 Å². The first kappa shape index (κ1) is 13.5. The molecule has 0 atom stereocenters. The van der Waals surface area contributed by atoms with E-state index in [0.29, 0.717) is 5.82 Å². The van der Waals surface area contributed by atoms with Crippen molar-refractivity contribution in [2.24, 2.45) is 0 Å². The zero-order chi connectivity index (χ0) is 14.8. The van der Waals surface area contributed by atoms with Crippen LogP contribution in [0, 0.1) is 0 Å². The van der Waals surface area contributed by atoms with Crippen molar-refractivity contribution in [2.75, 3.05) is 5.73 Å². The molecule has 0 fully saturated rings. The first-order valence-corrected chi connectivity index (χ1v) is 7.56. The smallest absolute Gasteiger partial charge is 0.143 e. The minimum Gasteiger partial charge on any atom is -0.383 e. The fourth-order valence-corrected chi connectivity index (χ4v) is 3.25. The Morgan fingerprint density at radius 1 is 1.24 bits per heavy atom. The largest absolute Gasteiger partial charge is 0.383 e. The van der Waals surface area contributed by atoms with Crippen molar-refractivity contribution in [3.05, 3.63) is 37.1 Å². The van der Waals surface area contributed by atoms with E-state index in [-0.39, 0.29) is 0 Å². The lowest BCUT2D eigenvalue weighted by Gasteiger charge is -1.97. The van der Waals surface area contributed by atoms with Gasteiger partial charge in [-0.05, 0) is 12.1 Å². The van der Waals surface area contributed by atoms with Gasteiger partial charge in [-0.25, -0.2) is 9.97 Å². The molecule has 0 saturated carbocycles. The molecule has 0 unspecified atom stereocenters. The summed E-state index contributed by atoms with van der Waals surface area (Å²) < 4.78 is 1.20. The summed E-state index contributed by atoms with van der Waals surface area (Å²) in [6.07, 6.45) is 7.06. The first-order valence-electron chi connectivity index (χ1n) is 6.74. The van der Waals surface area contributed by atoms with Gasteiger partial charge in [0.05, 0.1) is 5.39 Å². The zero-order valence-electron chi connectivity index (χ0n) is 11.8. The van der Waals surface area contributed by atoms with E-state index in [1.54, 1.807) is 17.5 Å². The highest BCUT2D eigenvalue weighted by Crippen LogP contribution is 2.37. The normalized spacial score (nSPS) is 10.6. The van der Waals surface area contributed by atoms with E-state index in [2.05, 4.69) is 26.0 Å². The number of hydrogen-bond donors (Lipinski definition) is 2. The molecule has 3 N–H and O–H groups in total. The Labute approximate surface area is 125 Å². The lowest BCUT2D eigenvalue weighted by Crippen LogP contribution is -1.91. The van der Waals surface area contributed by atoms with Crippen LogP contribution in [0.15, 0.2) is 37.1 Å². The highest BCUT2D eigenvalue weighted by atomic mass is 32.1. The van der Waals surface area contributed by atoms with Gasteiger partial charge in [-0.2, -0.15) is 0 Å². The molecule has 4 aromatic rings. The summed E-state index contributed by atoms with van der Waals surface area (Å²) in [5.74, 6) is 0.497. The third-order valence-corrected chi connectivity index (χ3v) is 4.23. The molecule has 4 aromatic heterocycles. The van der Waals surface area contributed by atoms with Crippen LogP contribution in [0.25, 0.3) is 31.6 Å². The van der Waals surface area contributed by atoms with Gasteiger partial charge >= 0.3 is 0 Å². The lowest BCUT2D eigenvalue weighted by molar-refractivity contribution is 1.21. The molecule has 4 rings (SSSR count). The van der Waals surface area contributed by atoms with Crippen molar-refractivity contribution in [1.82, 2.24) is 19.9 Å². The molecule has 0 radical (unpaired) electrons. The molecule has 0 amide bonds. The van der Waals surface area contributed by atoms with Gasteiger partial charge in [0, 0.05) is 39.1 Å². The van der Waals surface area contributed by atoms with Crippen LogP contribution in [0.4, 0.5) is 5.82 Å². The number of aromatic nitrogens is 4. The van der Waals surface area contributed by atoms with Crippen LogP contribution in [0.5, 0.6) is 0 Å². The second-order valence-electron chi connectivity index (χ2n) is 4.21. The number of fused-ring (bicyclic) bond motifs is 2. The Morgan fingerprint density at radius 2 is 2.10 bits per heavy atom. The zero-order valence-corrected chi connectivity index (χ0v) is 12.6. The maximum Gasteiger partial charge on any atom is 0.143 e. The second kappa shape index (κ2) is 5.49. The van der Waals surface area contributed by atoms with E-state index < -0.39 is 0 Å². The van der Waals surface area contributed by atoms with E-state index in [0.717, 1.165) is 26.9 Å². The number of aromatic amines is 1. The Kier molecular flexibility index (Phi) is 3.53. The van der Waals surface area contributed by atoms with Gasteiger partial charge in [0.15, 0.2) is 0 Å². The molecule has 0 aliphatic rings. The van der Waals surface area contributed by atoms with Gasteiger partial charge < -0.3 is 10.7 Å². The highest BCUT2D eigenvalue weighted by Gasteiger charge is 2.13. The predicted molar refractivity (Wildman–Crippen MR) is 88.3 cm³/mol. The average Bonchev–Trinajstić information content (AvgIpc) is 3.13. The Hall–Kier alpha value is -2.47. The van der Waals surface area contributed by atoms with Gasteiger partial charge in [-0.3, -0.25) is 4.98 Å². The van der Waals surface area contributed by atoms with E-state index >= 15 is 0 Å². The maximum atomic E-state index is 5.95.